The third-order valence-corrected chi connectivity index (χ3v) is 4.62. The summed E-state index contributed by atoms with van der Waals surface area (Å²) in [5.74, 6) is 1.12. The number of nitrogens with zero attached hydrogens (tertiary/aromatic N) is 1. The Morgan fingerprint density at radius 3 is 3.00 bits per heavy atom. The van der Waals surface area contributed by atoms with Crippen molar-refractivity contribution in [2.45, 2.75) is 45.3 Å². The van der Waals surface area contributed by atoms with Crippen molar-refractivity contribution in [3.05, 3.63) is 36.0 Å². The predicted molar refractivity (Wildman–Crippen MR) is 92.6 cm³/mol. The van der Waals surface area contributed by atoms with Gasteiger partial charge in [0.1, 0.15) is 11.4 Å². The third-order valence-electron chi connectivity index (χ3n) is 4.62. The Morgan fingerprint density at radius 2 is 2.28 bits per heavy atom. The largest absolute Gasteiger partial charge is 0.482 e. The summed E-state index contributed by atoms with van der Waals surface area (Å²) in [5, 5.41) is 2.93. The second-order valence-corrected chi connectivity index (χ2v) is 7.55. The van der Waals surface area contributed by atoms with Crippen molar-refractivity contribution in [2.75, 3.05) is 19.6 Å². The molecule has 6 heteroatoms. The fourth-order valence-corrected chi connectivity index (χ4v) is 3.50. The molecule has 2 aliphatic rings. The van der Waals surface area contributed by atoms with Crippen LogP contribution in [0.25, 0.3) is 0 Å². The van der Waals surface area contributed by atoms with Gasteiger partial charge in [-0.2, -0.15) is 0 Å². The Balaban J connectivity index is 1.49. The number of piperidine rings is 1. The molecule has 0 bridgehead atoms. The van der Waals surface area contributed by atoms with E-state index in [0.717, 1.165) is 38.2 Å². The summed E-state index contributed by atoms with van der Waals surface area (Å²) in [6, 6.07) is 3.88. The zero-order chi connectivity index (χ0) is 17.9. The summed E-state index contributed by atoms with van der Waals surface area (Å²) >= 11 is 0. The number of amides is 1. The van der Waals surface area contributed by atoms with Crippen LogP contribution in [-0.2, 0) is 20.9 Å². The second-order valence-electron chi connectivity index (χ2n) is 7.55. The lowest BCUT2D eigenvalue weighted by molar-refractivity contribution is -0.131. The maximum absolute atomic E-state index is 12.3. The molecule has 1 N–H and O–H groups in total. The summed E-state index contributed by atoms with van der Waals surface area (Å²) < 4.78 is 11.1. The van der Waals surface area contributed by atoms with Gasteiger partial charge in [-0.25, -0.2) is 0 Å². The SMILES string of the molecule is CC1(C)CC(=O)C=C(C(=O)NCC2CCCN(Cc3ccco3)C2)O1. The zero-order valence-electron chi connectivity index (χ0n) is 14.9. The summed E-state index contributed by atoms with van der Waals surface area (Å²) in [5.41, 5.74) is -0.622. The molecule has 1 aromatic heterocycles. The molecule has 3 heterocycles. The number of likely N-dealkylation sites (tertiary alicyclic amines) is 1. The number of hydrogen-bond acceptors (Lipinski definition) is 5. The summed E-state index contributed by atoms with van der Waals surface area (Å²) in [4.78, 5) is 26.4. The molecule has 3 rings (SSSR count). The minimum Gasteiger partial charge on any atom is -0.482 e. The summed E-state index contributed by atoms with van der Waals surface area (Å²) in [7, 11) is 0. The Morgan fingerprint density at radius 1 is 1.44 bits per heavy atom. The molecule has 1 unspecified atom stereocenters. The van der Waals surface area contributed by atoms with Crippen molar-refractivity contribution in [2.24, 2.45) is 5.92 Å². The normalized spacial score (nSPS) is 23.7. The number of ether oxygens (including phenoxy) is 1. The predicted octanol–water partition coefficient (Wildman–Crippen LogP) is 2.26. The number of rotatable bonds is 5. The molecule has 136 valence electrons. The standard InChI is InChI=1S/C19H26N2O4/c1-19(2)10-15(22)9-17(25-19)18(23)20-11-14-5-3-7-21(12-14)13-16-6-4-8-24-16/h4,6,8-9,14H,3,5,7,10-13H2,1-2H3,(H,20,23). The smallest absolute Gasteiger partial charge is 0.286 e. The van der Waals surface area contributed by atoms with Gasteiger partial charge in [0.2, 0.25) is 0 Å². The highest BCUT2D eigenvalue weighted by Gasteiger charge is 2.32. The maximum atomic E-state index is 12.3. The lowest BCUT2D eigenvalue weighted by Gasteiger charge is -2.33. The van der Waals surface area contributed by atoms with Crippen molar-refractivity contribution < 1.29 is 18.7 Å². The number of allylic oxidation sites excluding steroid dienone is 1. The van der Waals surface area contributed by atoms with Crippen LogP contribution in [0.1, 0.15) is 38.9 Å². The fourth-order valence-electron chi connectivity index (χ4n) is 3.50. The highest BCUT2D eigenvalue weighted by molar-refractivity contribution is 6.01. The topological polar surface area (TPSA) is 71.8 Å². The van der Waals surface area contributed by atoms with E-state index >= 15 is 0 Å². The molecule has 25 heavy (non-hydrogen) atoms. The van der Waals surface area contributed by atoms with Crippen molar-refractivity contribution in [1.82, 2.24) is 10.2 Å². The van der Waals surface area contributed by atoms with Crippen molar-refractivity contribution in [3.63, 3.8) is 0 Å². The van der Waals surface area contributed by atoms with E-state index in [1.165, 1.54) is 6.08 Å². The lowest BCUT2D eigenvalue weighted by Crippen LogP contribution is -2.42. The maximum Gasteiger partial charge on any atom is 0.286 e. The molecule has 0 aliphatic carbocycles. The van der Waals surface area contributed by atoms with E-state index in [1.54, 1.807) is 6.26 Å². The lowest BCUT2D eigenvalue weighted by atomic mass is 9.97. The molecule has 1 aromatic rings. The number of nitrogens with one attached hydrogen (secondary N) is 1. The van der Waals surface area contributed by atoms with Crippen LogP contribution in [-0.4, -0.2) is 41.8 Å². The van der Waals surface area contributed by atoms with Gasteiger partial charge in [0.15, 0.2) is 11.5 Å². The minimum absolute atomic E-state index is 0.0660. The van der Waals surface area contributed by atoms with E-state index in [9.17, 15) is 9.59 Å². The van der Waals surface area contributed by atoms with Crippen LogP contribution in [0.5, 0.6) is 0 Å². The molecule has 0 radical (unpaired) electrons. The molecule has 1 amide bonds. The molecule has 0 aromatic carbocycles. The van der Waals surface area contributed by atoms with Gasteiger partial charge >= 0.3 is 0 Å². The van der Waals surface area contributed by atoms with Gasteiger partial charge in [-0.15, -0.1) is 0 Å². The highest BCUT2D eigenvalue weighted by Crippen LogP contribution is 2.25. The number of carbonyl (C=O) groups excluding carboxylic acids is 2. The van der Waals surface area contributed by atoms with Crippen LogP contribution in [0.4, 0.5) is 0 Å². The molecule has 1 fully saturated rings. The first-order valence-corrected chi connectivity index (χ1v) is 8.88. The first-order chi connectivity index (χ1) is 11.9. The van der Waals surface area contributed by atoms with Crippen molar-refractivity contribution >= 4 is 11.7 Å². The summed E-state index contributed by atoms with van der Waals surface area (Å²) in [6.07, 6.45) is 5.49. The van der Waals surface area contributed by atoms with E-state index in [2.05, 4.69) is 10.2 Å². The minimum atomic E-state index is -0.622. The highest BCUT2D eigenvalue weighted by atomic mass is 16.5. The van der Waals surface area contributed by atoms with Gasteiger partial charge in [0.05, 0.1) is 12.8 Å². The first-order valence-electron chi connectivity index (χ1n) is 8.88. The molecule has 0 saturated carbocycles. The third kappa shape index (κ3) is 4.95. The van der Waals surface area contributed by atoms with Gasteiger partial charge in [-0.1, -0.05) is 0 Å². The molecule has 0 spiro atoms. The van der Waals surface area contributed by atoms with Crippen LogP contribution in [0.3, 0.4) is 0 Å². The number of ketones is 1. The van der Waals surface area contributed by atoms with Crippen LogP contribution < -0.4 is 5.32 Å². The van der Waals surface area contributed by atoms with E-state index in [4.69, 9.17) is 9.15 Å². The molecule has 1 saturated heterocycles. The first kappa shape index (κ1) is 17.7. The van der Waals surface area contributed by atoms with Gasteiger partial charge < -0.3 is 14.5 Å². The van der Waals surface area contributed by atoms with E-state index in [1.807, 2.05) is 26.0 Å². The fraction of sp³-hybridized carbons (Fsp3) is 0.579. The number of carbonyl (C=O) groups is 2. The van der Waals surface area contributed by atoms with Crippen molar-refractivity contribution in [1.29, 1.82) is 0 Å². The summed E-state index contributed by atoms with van der Waals surface area (Å²) in [6.45, 7) is 6.99. The number of hydrogen-bond donors (Lipinski definition) is 1. The van der Waals surface area contributed by atoms with Crippen LogP contribution in [0.2, 0.25) is 0 Å². The van der Waals surface area contributed by atoms with Crippen LogP contribution in [0, 0.1) is 5.92 Å². The molecular formula is C19H26N2O4. The monoisotopic (exact) mass is 346 g/mol. The Kier molecular flexibility index (Phi) is 5.27. The Bertz CT molecular complexity index is 648. The zero-order valence-corrected chi connectivity index (χ0v) is 14.9. The molecule has 2 aliphatic heterocycles. The Labute approximate surface area is 148 Å². The van der Waals surface area contributed by atoms with Gasteiger partial charge in [-0.05, 0) is 51.3 Å². The van der Waals surface area contributed by atoms with E-state index < -0.39 is 5.60 Å². The van der Waals surface area contributed by atoms with Crippen LogP contribution >= 0.6 is 0 Å². The van der Waals surface area contributed by atoms with Crippen molar-refractivity contribution in [3.8, 4) is 0 Å². The number of furan rings is 1. The van der Waals surface area contributed by atoms with Gasteiger partial charge in [0, 0.05) is 25.6 Å². The quantitative estimate of drug-likeness (QED) is 0.885. The van der Waals surface area contributed by atoms with E-state index in [0.29, 0.717) is 18.9 Å². The second kappa shape index (κ2) is 7.44. The van der Waals surface area contributed by atoms with Crippen LogP contribution in [0.15, 0.2) is 34.6 Å². The van der Waals surface area contributed by atoms with Gasteiger partial charge in [0.25, 0.3) is 5.91 Å². The molecule has 1 atom stereocenters. The Hall–Kier alpha value is -2.08. The average Bonchev–Trinajstić information content (AvgIpc) is 3.04. The van der Waals surface area contributed by atoms with E-state index in [-0.39, 0.29) is 17.4 Å². The average molecular weight is 346 g/mol. The molecule has 6 nitrogen and oxygen atoms in total. The molecular weight excluding hydrogens is 320 g/mol. The van der Waals surface area contributed by atoms with Gasteiger partial charge in [-0.3, -0.25) is 14.5 Å².